The largest absolute Gasteiger partial charge is 0.327 e. The molecule has 0 N–H and O–H groups in total. The van der Waals surface area contributed by atoms with Crippen molar-refractivity contribution in [3.05, 3.63) is 95.8 Å². The Morgan fingerprint density at radius 2 is 1.77 bits per heavy atom. The van der Waals surface area contributed by atoms with Gasteiger partial charge in [0.2, 0.25) is 0 Å². The highest BCUT2D eigenvalue weighted by Gasteiger charge is 2.15. The minimum atomic E-state index is -0.324. The van der Waals surface area contributed by atoms with E-state index in [0.717, 1.165) is 39.4 Å². The van der Waals surface area contributed by atoms with Crippen LogP contribution in [0.25, 0.3) is 28.1 Å². The first-order valence-electron chi connectivity index (χ1n) is 9.85. The fraction of sp³-hybridized carbons (Fsp3) is 0.125. The summed E-state index contributed by atoms with van der Waals surface area (Å²) in [6.07, 6.45) is 5.55. The fourth-order valence-electron chi connectivity index (χ4n) is 3.78. The van der Waals surface area contributed by atoms with Crippen LogP contribution in [0.15, 0.2) is 67.3 Å². The summed E-state index contributed by atoms with van der Waals surface area (Å²) in [6, 6.07) is 13.3. The van der Waals surface area contributed by atoms with Gasteiger partial charge in [0.1, 0.15) is 23.0 Å². The fourth-order valence-corrected chi connectivity index (χ4v) is 3.78. The molecule has 5 nitrogen and oxygen atoms in total. The predicted molar refractivity (Wildman–Crippen MR) is 115 cm³/mol. The Labute approximate surface area is 177 Å². The highest BCUT2D eigenvalue weighted by molar-refractivity contribution is 5.82. The van der Waals surface area contributed by atoms with E-state index >= 15 is 0 Å². The maximum Gasteiger partial charge on any atom is 0.147 e. The molecule has 0 aliphatic rings. The number of hydrogen-bond donors (Lipinski definition) is 0. The normalized spacial score (nSPS) is 11.4. The highest BCUT2D eigenvalue weighted by Crippen LogP contribution is 2.27. The van der Waals surface area contributed by atoms with E-state index in [1.807, 2.05) is 30.7 Å². The number of pyridine rings is 1. The van der Waals surface area contributed by atoms with Crippen LogP contribution >= 0.6 is 0 Å². The van der Waals surface area contributed by atoms with Gasteiger partial charge in [0.05, 0.1) is 28.9 Å². The lowest BCUT2D eigenvalue weighted by molar-refractivity contribution is 0.616. The van der Waals surface area contributed by atoms with E-state index < -0.39 is 0 Å². The summed E-state index contributed by atoms with van der Waals surface area (Å²) in [5.74, 6) is 0.109. The number of benzene rings is 2. The molecular weight excluding hydrogens is 396 g/mol. The summed E-state index contributed by atoms with van der Waals surface area (Å²) in [5, 5.41) is 0. The zero-order chi connectivity index (χ0) is 21.5. The number of imidazole rings is 2. The molecule has 5 aromatic rings. The first-order valence-corrected chi connectivity index (χ1v) is 9.85. The van der Waals surface area contributed by atoms with Crippen LogP contribution in [0.3, 0.4) is 0 Å². The van der Waals surface area contributed by atoms with Gasteiger partial charge in [-0.05, 0) is 55.0 Å². The second-order valence-corrected chi connectivity index (χ2v) is 7.51. The molecule has 0 bridgehead atoms. The Morgan fingerprint density at radius 3 is 2.48 bits per heavy atom. The van der Waals surface area contributed by atoms with Crippen LogP contribution in [0.2, 0.25) is 0 Å². The molecule has 0 amide bonds. The van der Waals surface area contributed by atoms with E-state index in [4.69, 9.17) is 4.98 Å². The number of fused-ring (bicyclic) bond motifs is 1. The van der Waals surface area contributed by atoms with Gasteiger partial charge in [0.25, 0.3) is 0 Å². The molecule has 3 aromatic heterocycles. The number of aromatic nitrogens is 5. The van der Waals surface area contributed by atoms with Gasteiger partial charge in [-0.25, -0.2) is 18.7 Å². The van der Waals surface area contributed by atoms with Crippen molar-refractivity contribution in [1.82, 2.24) is 24.1 Å². The Hall–Kier alpha value is -3.87. The summed E-state index contributed by atoms with van der Waals surface area (Å²) >= 11 is 0. The molecule has 0 aliphatic carbocycles. The Kier molecular flexibility index (Phi) is 4.58. The summed E-state index contributed by atoms with van der Waals surface area (Å²) < 4.78 is 31.7. The molecule has 0 radical (unpaired) electrons. The van der Waals surface area contributed by atoms with Gasteiger partial charge in [-0.3, -0.25) is 4.98 Å². The zero-order valence-corrected chi connectivity index (χ0v) is 17.0. The summed E-state index contributed by atoms with van der Waals surface area (Å²) in [7, 11) is 1.92. The van der Waals surface area contributed by atoms with Gasteiger partial charge in [-0.1, -0.05) is 6.07 Å². The molecule has 2 aromatic carbocycles. The van der Waals surface area contributed by atoms with Crippen molar-refractivity contribution in [3.8, 4) is 17.1 Å². The van der Waals surface area contributed by atoms with Crippen molar-refractivity contribution in [2.45, 2.75) is 13.3 Å². The topological polar surface area (TPSA) is 48.5 Å². The van der Waals surface area contributed by atoms with Crippen LogP contribution in [-0.2, 0) is 13.5 Å². The summed E-state index contributed by atoms with van der Waals surface area (Å²) in [4.78, 5) is 13.4. The van der Waals surface area contributed by atoms with E-state index in [1.54, 1.807) is 41.5 Å². The first kappa shape index (κ1) is 19.1. The van der Waals surface area contributed by atoms with Crippen molar-refractivity contribution >= 4 is 11.0 Å². The van der Waals surface area contributed by atoms with E-state index in [2.05, 4.69) is 9.97 Å². The number of aryl methyl sites for hydroxylation is 2. The maximum atomic E-state index is 14.8. The molecule has 0 aliphatic heterocycles. The molecule has 3 heterocycles. The van der Waals surface area contributed by atoms with Crippen LogP contribution in [0.5, 0.6) is 0 Å². The zero-order valence-electron chi connectivity index (χ0n) is 17.0. The van der Waals surface area contributed by atoms with Crippen molar-refractivity contribution in [2.75, 3.05) is 0 Å². The van der Waals surface area contributed by atoms with Gasteiger partial charge >= 0.3 is 0 Å². The monoisotopic (exact) mass is 415 g/mol. The number of rotatable bonds is 4. The van der Waals surface area contributed by atoms with Crippen molar-refractivity contribution in [1.29, 1.82) is 0 Å². The highest BCUT2D eigenvalue weighted by atomic mass is 19.1. The molecule has 5 rings (SSSR count). The Morgan fingerprint density at radius 1 is 0.968 bits per heavy atom. The SMILES string of the molecule is Cc1cn(-c2ccc(Cc3nccc4c3nc(-c3ccc(F)cc3)n4C)cc2F)cn1. The molecule has 7 heteroatoms. The van der Waals surface area contributed by atoms with Gasteiger partial charge in [0, 0.05) is 31.4 Å². The lowest BCUT2D eigenvalue weighted by Gasteiger charge is -2.07. The van der Waals surface area contributed by atoms with Crippen molar-refractivity contribution in [2.24, 2.45) is 7.05 Å². The quantitative estimate of drug-likeness (QED) is 0.415. The van der Waals surface area contributed by atoms with E-state index in [-0.39, 0.29) is 11.6 Å². The number of hydrogen-bond acceptors (Lipinski definition) is 3. The minimum Gasteiger partial charge on any atom is -0.327 e. The third kappa shape index (κ3) is 3.48. The predicted octanol–water partition coefficient (Wildman–Crippen LogP) is 5.00. The Balaban J connectivity index is 1.51. The van der Waals surface area contributed by atoms with E-state index in [1.165, 1.54) is 18.2 Å². The van der Waals surface area contributed by atoms with E-state index in [0.29, 0.717) is 12.1 Å². The number of nitrogens with zero attached hydrogens (tertiary/aromatic N) is 5. The molecule has 0 spiro atoms. The molecule has 0 unspecified atom stereocenters. The van der Waals surface area contributed by atoms with E-state index in [9.17, 15) is 8.78 Å². The van der Waals surface area contributed by atoms with Gasteiger partial charge < -0.3 is 9.13 Å². The molecule has 0 atom stereocenters. The van der Waals surface area contributed by atoms with Crippen molar-refractivity contribution in [3.63, 3.8) is 0 Å². The third-order valence-electron chi connectivity index (χ3n) is 5.35. The average Bonchev–Trinajstić information content (AvgIpc) is 3.33. The summed E-state index contributed by atoms with van der Waals surface area (Å²) in [6.45, 7) is 1.86. The first-order chi connectivity index (χ1) is 15.0. The minimum absolute atomic E-state index is 0.291. The lowest BCUT2D eigenvalue weighted by Crippen LogP contribution is -1.99. The van der Waals surface area contributed by atoms with Crippen LogP contribution in [0.1, 0.15) is 17.0 Å². The van der Waals surface area contributed by atoms with Gasteiger partial charge in [-0.15, -0.1) is 0 Å². The molecule has 31 heavy (non-hydrogen) atoms. The smallest absolute Gasteiger partial charge is 0.147 e. The third-order valence-corrected chi connectivity index (χ3v) is 5.35. The number of halogens is 2. The van der Waals surface area contributed by atoms with Crippen molar-refractivity contribution < 1.29 is 8.78 Å². The molecular formula is C24H19F2N5. The molecule has 0 fully saturated rings. The second kappa shape index (κ2) is 7.43. The Bertz CT molecular complexity index is 1400. The standard InChI is InChI=1S/C24H19F2N5/c1-15-13-31(14-28-15)21-8-3-16(11-19(21)26)12-20-23-22(9-10-27-20)30(2)24(29-23)17-4-6-18(25)7-5-17/h3-11,13-14H,12H2,1-2H3. The van der Waals surface area contributed by atoms with Crippen LogP contribution in [0, 0.1) is 18.6 Å². The molecule has 0 saturated carbocycles. The molecule has 154 valence electrons. The van der Waals surface area contributed by atoms with Crippen LogP contribution in [0.4, 0.5) is 8.78 Å². The van der Waals surface area contributed by atoms with Gasteiger partial charge in [0.15, 0.2) is 0 Å². The summed E-state index contributed by atoms with van der Waals surface area (Å²) in [5.41, 5.74) is 5.31. The van der Waals surface area contributed by atoms with Gasteiger partial charge in [-0.2, -0.15) is 0 Å². The lowest BCUT2D eigenvalue weighted by atomic mass is 10.1. The van der Waals surface area contributed by atoms with Crippen LogP contribution < -0.4 is 0 Å². The second-order valence-electron chi connectivity index (χ2n) is 7.51. The average molecular weight is 415 g/mol. The maximum absolute atomic E-state index is 14.8. The molecule has 0 saturated heterocycles. The van der Waals surface area contributed by atoms with Crippen LogP contribution in [-0.4, -0.2) is 24.1 Å².